The van der Waals surface area contributed by atoms with Crippen LogP contribution in [0.4, 0.5) is 11.4 Å². The standard InChI is InChI=1S/C18H14I2N4O2S3/c19-11-1-5-13(6-2-11)21-15(25)9-27-17-23-24-18(29-17)28-10-16(26)22-14-7-3-12(20)4-8-14/h1-8H,9-10H2,(H,21,25)(H,22,26). The molecule has 1 aromatic heterocycles. The lowest BCUT2D eigenvalue weighted by Crippen LogP contribution is -2.13. The summed E-state index contributed by atoms with van der Waals surface area (Å²) in [5.74, 6) is 0.298. The van der Waals surface area contributed by atoms with E-state index in [1.807, 2.05) is 48.5 Å². The lowest BCUT2D eigenvalue weighted by molar-refractivity contribution is -0.114. The Labute approximate surface area is 207 Å². The topological polar surface area (TPSA) is 84.0 Å². The number of hydrogen-bond donors (Lipinski definition) is 2. The molecule has 29 heavy (non-hydrogen) atoms. The molecule has 0 fully saturated rings. The van der Waals surface area contributed by atoms with Gasteiger partial charge in [0.05, 0.1) is 11.5 Å². The molecule has 3 rings (SSSR count). The van der Waals surface area contributed by atoms with E-state index in [0.29, 0.717) is 8.68 Å². The maximum atomic E-state index is 12.1. The van der Waals surface area contributed by atoms with Crippen molar-refractivity contribution in [2.75, 3.05) is 22.1 Å². The van der Waals surface area contributed by atoms with Gasteiger partial charge >= 0.3 is 0 Å². The number of halogens is 2. The molecule has 11 heteroatoms. The van der Waals surface area contributed by atoms with E-state index in [4.69, 9.17) is 0 Å². The Morgan fingerprint density at radius 1 is 0.759 bits per heavy atom. The molecule has 2 N–H and O–H groups in total. The SMILES string of the molecule is O=C(CSc1nnc(SCC(=O)Nc2ccc(I)cc2)s1)Nc1ccc(I)cc1. The van der Waals surface area contributed by atoms with Crippen molar-refractivity contribution in [3.05, 3.63) is 55.7 Å². The van der Waals surface area contributed by atoms with Gasteiger partial charge in [0.2, 0.25) is 11.8 Å². The van der Waals surface area contributed by atoms with Crippen LogP contribution in [0.15, 0.2) is 57.2 Å². The molecule has 0 unspecified atom stereocenters. The second kappa shape index (κ2) is 11.5. The van der Waals surface area contributed by atoms with Gasteiger partial charge in [-0.05, 0) is 93.7 Å². The van der Waals surface area contributed by atoms with E-state index in [1.165, 1.54) is 34.9 Å². The smallest absolute Gasteiger partial charge is 0.234 e. The average molecular weight is 668 g/mol. The van der Waals surface area contributed by atoms with Gasteiger partial charge in [-0.15, -0.1) is 10.2 Å². The number of thioether (sulfide) groups is 2. The first-order valence-electron chi connectivity index (χ1n) is 8.18. The Bertz CT molecular complexity index is 904. The van der Waals surface area contributed by atoms with Gasteiger partial charge in [-0.1, -0.05) is 34.9 Å². The molecule has 0 spiro atoms. The van der Waals surface area contributed by atoms with Crippen LogP contribution < -0.4 is 10.6 Å². The van der Waals surface area contributed by atoms with E-state index in [1.54, 1.807) is 0 Å². The molecule has 1 heterocycles. The second-order valence-electron chi connectivity index (χ2n) is 5.52. The van der Waals surface area contributed by atoms with Crippen LogP contribution in [0, 0.1) is 7.14 Å². The minimum atomic E-state index is -0.0995. The summed E-state index contributed by atoms with van der Waals surface area (Å²) < 4.78 is 3.62. The summed E-state index contributed by atoms with van der Waals surface area (Å²) in [6.07, 6.45) is 0. The fraction of sp³-hybridized carbons (Fsp3) is 0.111. The molecule has 0 atom stereocenters. The average Bonchev–Trinajstić information content (AvgIpc) is 3.16. The lowest BCUT2D eigenvalue weighted by atomic mass is 10.3. The Kier molecular flexibility index (Phi) is 9.02. The highest BCUT2D eigenvalue weighted by Crippen LogP contribution is 2.29. The van der Waals surface area contributed by atoms with Gasteiger partial charge in [0.15, 0.2) is 8.68 Å². The molecule has 150 valence electrons. The van der Waals surface area contributed by atoms with Crippen molar-refractivity contribution < 1.29 is 9.59 Å². The summed E-state index contributed by atoms with van der Waals surface area (Å²) >= 11 is 8.46. The van der Waals surface area contributed by atoms with Crippen LogP contribution >= 0.6 is 80.0 Å². The van der Waals surface area contributed by atoms with Gasteiger partial charge in [0.1, 0.15) is 0 Å². The number of aromatic nitrogens is 2. The van der Waals surface area contributed by atoms with Gasteiger partial charge in [0, 0.05) is 18.5 Å². The summed E-state index contributed by atoms with van der Waals surface area (Å²) in [4.78, 5) is 24.1. The molecule has 2 amide bonds. The molecule has 0 saturated carbocycles. The summed E-state index contributed by atoms with van der Waals surface area (Å²) in [6, 6.07) is 15.2. The number of carbonyl (C=O) groups is 2. The predicted octanol–water partition coefficient (Wildman–Crippen LogP) is 5.21. The number of amides is 2. The third-order valence-corrected chi connectivity index (χ3v) is 7.93. The molecular weight excluding hydrogens is 654 g/mol. The normalized spacial score (nSPS) is 10.6. The van der Waals surface area contributed by atoms with Gasteiger partial charge < -0.3 is 10.6 Å². The first-order valence-corrected chi connectivity index (χ1v) is 13.1. The van der Waals surface area contributed by atoms with E-state index in [-0.39, 0.29) is 23.3 Å². The minimum Gasteiger partial charge on any atom is -0.325 e. The maximum Gasteiger partial charge on any atom is 0.234 e. The van der Waals surface area contributed by atoms with Crippen LogP contribution in [-0.4, -0.2) is 33.5 Å². The van der Waals surface area contributed by atoms with E-state index >= 15 is 0 Å². The second-order valence-corrected chi connectivity index (χ2v) is 11.4. The Morgan fingerprint density at radius 2 is 1.14 bits per heavy atom. The highest BCUT2D eigenvalue weighted by atomic mass is 127. The van der Waals surface area contributed by atoms with Gasteiger partial charge in [-0.2, -0.15) is 0 Å². The van der Waals surface area contributed by atoms with Crippen LogP contribution in [0.5, 0.6) is 0 Å². The number of nitrogens with zero attached hydrogens (tertiary/aromatic N) is 2. The van der Waals surface area contributed by atoms with E-state index in [2.05, 4.69) is 66.0 Å². The maximum absolute atomic E-state index is 12.1. The van der Waals surface area contributed by atoms with Gasteiger partial charge in [-0.25, -0.2) is 0 Å². The zero-order chi connectivity index (χ0) is 20.6. The Morgan fingerprint density at radius 3 is 1.52 bits per heavy atom. The van der Waals surface area contributed by atoms with Crippen LogP contribution in [0.2, 0.25) is 0 Å². The zero-order valence-electron chi connectivity index (χ0n) is 14.7. The fourth-order valence-corrected chi connectivity index (χ4v) is 5.37. The van der Waals surface area contributed by atoms with Gasteiger partial charge in [-0.3, -0.25) is 9.59 Å². The number of rotatable bonds is 8. The fourth-order valence-electron chi connectivity index (χ4n) is 2.03. The first kappa shape index (κ1) is 22.8. The minimum absolute atomic E-state index is 0.0995. The molecule has 2 aromatic carbocycles. The molecule has 0 aliphatic heterocycles. The quantitative estimate of drug-likeness (QED) is 0.254. The third-order valence-electron chi connectivity index (χ3n) is 3.30. The van der Waals surface area contributed by atoms with Crippen LogP contribution in [0.3, 0.4) is 0 Å². The van der Waals surface area contributed by atoms with Crippen LogP contribution in [-0.2, 0) is 9.59 Å². The van der Waals surface area contributed by atoms with Crippen LogP contribution in [0.25, 0.3) is 0 Å². The number of anilines is 2. The third kappa shape index (κ3) is 8.03. The number of nitrogens with one attached hydrogen (secondary N) is 2. The number of benzene rings is 2. The van der Waals surface area contributed by atoms with E-state index in [0.717, 1.165) is 18.5 Å². The summed E-state index contributed by atoms with van der Waals surface area (Å²) in [6.45, 7) is 0. The number of hydrogen-bond acceptors (Lipinski definition) is 7. The van der Waals surface area contributed by atoms with Crippen molar-refractivity contribution in [2.24, 2.45) is 0 Å². The zero-order valence-corrected chi connectivity index (χ0v) is 21.5. The molecule has 0 aliphatic rings. The number of carbonyl (C=O) groups excluding carboxylic acids is 2. The van der Waals surface area contributed by atoms with Crippen molar-refractivity contribution >= 4 is 103 Å². The monoisotopic (exact) mass is 668 g/mol. The Hall–Kier alpha value is -0.900. The highest BCUT2D eigenvalue weighted by Gasteiger charge is 2.11. The molecular formula is C18H14I2N4O2S3. The molecule has 0 radical (unpaired) electrons. The first-order chi connectivity index (χ1) is 14.0. The van der Waals surface area contributed by atoms with Crippen molar-refractivity contribution in [3.8, 4) is 0 Å². The summed E-state index contributed by atoms with van der Waals surface area (Å²) in [7, 11) is 0. The van der Waals surface area contributed by atoms with Crippen molar-refractivity contribution in [3.63, 3.8) is 0 Å². The molecule has 6 nitrogen and oxygen atoms in total. The van der Waals surface area contributed by atoms with Crippen molar-refractivity contribution in [1.29, 1.82) is 0 Å². The largest absolute Gasteiger partial charge is 0.325 e. The van der Waals surface area contributed by atoms with Gasteiger partial charge in [0.25, 0.3) is 0 Å². The summed E-state index contributed by atoms with van der Waals surface area (Å²) in [5, 5.41) is 13.8. The highest BCUT2D eigenvalue weighted by molar-refractivity contribution is 14.1. The van der Waals surface area contributed by atoms with Crippen LogP contribution in [0.1, 0.15) is 0 Å². The van der Waals surface area contributed by atoms with E-state index in [9.17, 15) is 9.59 Å². The Balaban J connectivity index is 1.40. The van der Waals surface area contributed by atoms with E-state index < -0.39 is 0 Å². The summed E-state index contributed by atoms with van der Waals surface area (Å²) in [5.41, 5.74) is 1.53. The van der Waals surface area contributed by atoms with Crippen molar-refractivity contribution in [2.45, 2.75) is 8.68 Å². The lowest BCUT2D eigenvalue weighted by Gasteiger charge is -2.04. The molecule has 3 aromatic rings. The molecule has 0 saturated heterocycles. The molecule has 0 aliphatic carbocycles. The molecule has 0 bridgehead atoms. The van der Waals surface area contributed by atoms with Crippen molar-refractivity contribution in [1.82, 2.24) is 10.2 Å². The predicted molar refractivity (Wildman–Crippen MR) is 137 cm³/mol.